The van der Waals surface area contributed by atoms with Crippen molar-refractivity contribution >= 4 is 34.2 Å². The van der Waals surface area contributed by atoms with Crippen LogP contribution in [0.4, 0.5) is 5.69 Å². The minimum Gasteiger partial charge on any atom is -0.480 e. The smallest absolute Gasteiger partial charge is 0.329 e. The second-order valence-electron chi connectivity index (χ2n) is 7.26. The van der Waals surface area contributed by atoms with Gasteiger partial charge in [0.1, 0.15) is 12.6 Å². The number of rotatable bonds is 13. The SMILES string of the molecule is O=C(O)COCCOCCOCCNc1ccc2c(=O)n(C3CCC(=O)NC3=O)ncc2c1. The summed E-state index contributed by atoms with van der Waals surface area (Å²) in [4.78, 5) is 46.5. The molecule has 2 aromatic rings. The number of hydrogen-bond acceptors (Lipinski definition) is 9. The number of benzene rings is 1. The Morgan fingerprint density at radius 3 is 2.58 bits per heavy atom. The van der Waals surface area contributed by atoms with Crippen LogP contribution in [0.15, 0.2) is 29.2 Å². The number of hydrogen-bond donors (Lipinski definition) is 3. The lowest BCUT2D eigenvalue weighted by Gasteiger charge is -2.21. The Balaban J connectivity index is 1.41. The average Bonchev–Trinajstić information content (AvgIpc) is 2.78. The predicted molar refractivity (Wildman–Crippen MR) is 116 cm³/mol. The van der Waals surface area contributed by atoms with Crippen molar-refractivity contribution in [2.24, 2.45) is 0 Å². The molecule has 12 heteroatoms. The number of amides is 2. The third-order valence-corrected chi connectivity index (χ3v) is 4.86. The van der Waals surface area contributed by atoms with Crippen LogP contribution < -0.4 is 16.2 Å². The maximum atomic E-state index is 12.8. The first-order valence-electron chi connectivity index (χ1n) is 10.5. The summed E-state index contributed by atoms with van der Waals surface area (Å²) in [5.41, 5.74) is 0.406. The van der Waals surface area contributed by atoms with Gasteiger partial charge in [-0.2, -0.15) is 5.10 Å². The summed E-state index contributed by atoms with van der Waals surface area (Å²) in [6, 6.07) is 4.43. The first-order valence-corrected chi connectivity index (χ1v) is 10.5. The van der Waals surface area contributed by atoms with E-state index < -0.39 is 17.9 Å². The molecule has 0 radical (unpaired) electrons. The third kappa shape index (κ3) is 7.07. The van der Waals surface area contributed by atoms with E-state index in [1.807, 2.05) is 0 Å². The summed E-state index contributed by atoms with van der Waals surface area (Å²) < 4.78 is 16.7. The van der Waals surface area contributed by atoms with Gasteiger partial charge in [0.15, 0.2) is 0 Å². The van der Waals surface area contributed by atoms with Crippen LogP contribution in [0.1, 0.15) is 18.9 Å². The van der Waals surface area contributed by atoms with E-state index in [2.05, 4.69) is 15.7 Å². The molecule has 1 unspecified atom stereocenters. The molecule has 1 aromatic carbocycles. The number of carboxylic acid groups (broad SMARTS) is 1. The first-order chi connectivity index (χ1) is 16.0. The molecule has 0 bridgehead atoms. The van der Waals surface area contributed by atoms with Gasteiger partial charge in [0.25, 0.3) is 11.5 Å². The zero-order valence-electron chi connectivity index (χ0n) is 18.0. The molecule has 1 saturated heterocycles. The van der Waals surface area contributed by atoms with Crippen LogP contribution in [0, 0.1) is 0 Å². The molecular weight excluding hydrogens is 436 g/mol. The Kier molecular flexibility index (Phi) is 8.87. The molecule has 1 aliphatic rings. The molecule has 33 heavy (non-hydrogen) atoms. The van der Waals surface area contributed by atoms with E-state index >= 15 is 0 Å². The topological polar surface area (TPSA) is 158 Å². The van der Waals surface area contributed by atoms with Crippen molar-refractivity contribution in [3.8, 4) is 0 Å². The minimum absolute atomic E-state index is 0.167. The number of aliphatic carboxylic acids is 1. The number of fused-ring (bicyclic) bond motifs is 1. The Hall–Kier alpha value is -3.35. The van der Waals surface area contributed by atoms with Crippen LogP contribution in [-0.2, 0) is 28.6 Å². The third-order valence-electron chi connectivity index (χ3n) is 4.86. The second-order valence-corrected chi connectivity index (χ2v) is 7.26. The highest BCUT2D eigenvalue weighted by Crippen LogP contribution is 2.19. The molecule has 3 rings (SSSR count). The fourth-order valence-electron chi connectivity index (χ4n) is 3.28. The van der Waals surface area contributed by atoms with E-state index in [-0.39, 0.29) is 37.5 Å². The Bertz CT molecular complexity index is 1050. The van der Waals surface area contributed by atoms with E-state index in [1.54, 1.807) is 18.2 Å². The van der Waals surface area contributed by atoms with Gasteiger partial charge in [-0.25, -0.2) is 9.48 Å². The van der Waals surface area contributed by atoms with E-state index in [9.17, 15) is 19.2 Å². The van der Waals surface area contributed by atoms with E-state index in [1.165, 1.54) is 6.20 Å². The number of piperidine rings is 1. The van der Waals surface area contributed by atoms with Crippen molar-refractivity contribution in [2.45, 2.75) is 18.9 Å². The van der Waals surface area contributed by atoms with Crippen molar-refractivity contribution in [3.05, 3.63) is 34.7 Å². The van der Waals surface area contributed by atoms with Crippen molar-refractivity contribution in [2.75, 3.05) is 51.5 Å². The summed E-state index contributed by atoms with van der Waals surface area (Å²) in [6.07, 6.45) is 1.94. The fourth-order valence-corrected chi connectivity index (χ4v) is 3.28. The summed E-state index contributed by atoms with van der Waals surface area (Å²) in [5, 5.41) is 19.1. The maximum absolute atomic E-state index is 12.8. The minimum atomic E-state index is -1.02. The number of nitrogens with zero attached hydrogens (tertiary/aromatic N) is 2. The highest BCUT2D eigenvalue weighted by molar-refractivity contribution is 5.99. The molecule has 0 aliphatic carbocycles. The van der Waals surface area contributed by atoms with Gasteiger partial charge in [-0.05, 0) is 24.6 Å². The normalized spacial score (nSPS) is 16.1. The zero-order valence-corrected chi connectivity index (χ0v) is 18.0. The van der Waals surface area contributed by atoms with Crippen LogP contribution in [0.25, 0.3) is 10.8 Å². The summed E-state index contributed by atoms with van der Waals surface area (Å²) in [5.74, 6) is -1.88. The van der Waals surface area contributed by atoms with Gasteiger partial charge in [0.05, 0.1) is 44.6 Å². The zero-order chi connectivity index (χ0) is 23.6. The van der Waals surface area contributed by atoms with Gasteiger partial charge in [-0.1, -0.05) is 0 Å². The fraction of sp³-hybridized carbons (Fsp3) is 0.476. The Morgan fingerprint density at radius 2 is 1.85 bits per heavy atom. The summed E-state index contributed by atoms with van der Waals surface area (Å²) in [7, 11) is 0. The molecular formula is C21H26N4O8. The molecule has 178 valence electrons. The summed E-state index contributed by atoms with van der Waals surface area (Å²) in [6.45, 7) is 1.90. The van der Waals surface area contributed by atoms with Gasteiger partial charge < -0.3 is 24.6 Å². The lowest BCUT2D eigenvalue weighted by Crippen LogP contribution is -2.45. The molecule has 1 atom stereocenters. The number of ether oxygens (including phenoxy) is 3. The van der Waals surface area contributed by atoms with Crippen molar-refractivity contribution in [1.29, 1.82) is 0 Å². The van der Waals surface area contributed by atoms with Crippen LogP contribution in [-0.4, -0.2) is 78.9 Å². The maximum Gasteiger partial charge on any atom is 0.329 e. The largest absolute Gasteiger partial charge is 0.480 e. The van der Waals surface area contributed by atoms with Gasteiger partial charge in [0, 0.05) is 24.0 Å². The molecule has 2 amide bonds. The van der Waals surface area contributed by atoms with Gasteiger partial charge in [0.2, 0.25) is 5.91 Å². The Labute approximate surface area is 188 Å². The molecule has 0 spiro atoms. The number of aromatic nitrogens is 2. The molecule has 2 heterocycles. The molecule has 1 fully saturated rings. The van der Waals surface area contributed by atoms with Crippen molar-refractivity contribution in [1.82, 2.24) is 15.1 Å². The number of imide groups is 1. The van der Waals surface area contributed by atoms with Crippen molar-refractivity contribution < 1.29 is 33.7 Å². The molecule has 12 nitrogen and oxygen atoms in total. The van der Waals surface area contributed by atoms with E-state index in [4.69, 9.17) is 19.3 Å². The standard InChI is InChI=1S/C21H26N4O8/c26-18-4-3-17(20(29)24-18)25-21(30)16-2-1-15(11-14(16)12-23-25)22-5-6-31-7-8-32-9-10-33-13-19(27)28/h1-2,11-12,17,22H,3-10,13H2,(H,27,28)(H,24,26,29). The lowest BCUT2D eigenvalue weighted by atomic mass is 10.1. The quantitative estimate of drug-likeness (QED) is 0.272. The highest BCUT2D eigenvalue weighted by Gasteiger charge is 2.29. The van der Waals surface area contributed by atoms with Crippen LogP contribution in [0.2, 0.25) is 0 Å². The molecule has 3 N–H and O–H groups in total. The van der Waals surface area contributed by atoms with Crippen LogP contribution in [0.5, 0.6) is 0 Å². The average molecular weight is 462 g/mol. The molecule has 1 aromatic heterocycles. The van der Waals surface area contributed by atoms with E-state index in [0.29, 0.717) is 43.7 Å². The number of carboxylic acids is 1. The van der Waals surface area contributed by atoms with Gasteiger partial charge in [-0.3, -0.25) is 19.7 Å². The van der Waals surface area contributed by atoms with Crippen LogP contribution in [0.3, 0.4) is 0 Å². The number of anilines is 1. The number of carbonyl (C=O) groups excluding carboxylic acids is 2. The number of nitrogens with one attached hydrogen (secondary N) is 2. The van der Waals surface area contributed by atoms with Crippen molar-refractivity contribution in [3.63, 3.8) is 0 Å². The number of carbonyl (C=O) groups is 3. The lowest BCUT2D eigenvalue weighted by molar-refractivity contribution is -0.143. The monoisotopic (exact) mass is 462 g/mol. The second kappa shape index (κ2) is 12.0. The summed E-state index contributed by atoms with van der Waals surface area (Å²) >= 11 is 0. The molecule has 1 aliphatic heterocycles. The molecule has 0 saturated carbocycles. The first kappa shape index (κ1) is 24.3. The van der Waals surface area contributed by atoms with Gasteiger partial charge >= 0.3 is 5.97 Å². The van der Waals surface area contributed by atoms with E-state index in [0.717, 1.165) is 10.4 Å². The Morgan fingerprint density at radius 1 is 1.12 bits per heavy atom. The highest BCUT2D eigenvalue weighted by atomic mass is 16.5. The predicted octanol–water partition coefficient (Wildman–Crippen LogP) is -0.0795. The van der Waals surface area contributed by atoms with Crippen LogP contribution >= 0.6 is 0 Å². The van der Waals surface area contributed by atoms with Gasteiger partial charge in [-0.15, -0.1) is 0 Å².